The molecule has 8 heteroatoms. The van der Waals surface area contributed by atoms with Crippen LogP contribution in [0, 0.1) is 13.8 Å². The number of hydrogen-bond acceptors (Lipinski definition) is 6. The molecule has 1 N–H and O–H groups in total. The van der Waals surface area contributed by atoms with Crippen LogP contribution in [0.4, 0.5) is 5.69 Å². The van der Waals surface area contributed by atoms with Crippen LogP contribution in [0.15, 0.2) is 47.3 Å². The number of aromatic amines is 1. The molecule has 180 valence electrons. The summed E-state index contributed by atoms with van der Waals surface area (Å²) in [6.07, 6.45) is 4.16. The van der Waals surface area contributed by atoms with E-state index in [1.807, 2.05) is 16.8 Å². The third-order valence-corrected chi connectivity index (χ3v) is 7.44. The summed E-state index contributed by atoms with van der Waals surface area (Å²) >= 11 is 0. The number of H-pyrrole nitrogens is 1. The third-order valence-electron chi connectivity index (χ3n) is 7.44. The summed E-state index contributed by atoms with van der Waals surface area (Å²) < 4.78 is 7.71. The lowest BCUT2D eigenvalue weighted by Gasteiger charge is -2.37. The van der Waals surface area contributed by atoms with Gasteiger partial charge in [0.1, 0.15) is 6.04 Å². The molecule has 0 saturated carbocycles. The predicted octanol–water partition coefficient (Wildman–Crippen LogP) is 3.85. The molecule has 2 aliphatic rings. The lowest BCUT2D eigenvalue weighted by Crippen LogP contribution is -2.39. The second-order valence-corrected chi connectivity index (χ2v) is 9.76. The van der Waals surface area contributed by atoms with Gasteiger partial charge in [-0.3, -0.25) is 4.79 Å². The minimum Gasteiger partial charge on any atom is -0.376 e. The van der Waals surface area contributed by atoms with E-state index in [2.05, 4.69) is 69.6 Å². The Morgan fingerprint density at radius 2 is 2.00 bits per heavy atom. The average molecular weight is 471 g/mol. The van der Waals surface area contributed by atoms with E-state index in [1.165, 1.54) is 11.1 Å². The van der Waals surface area contributed by atoms with E-state index in [0.717, 1.165) is 61.0 Å². The molecule has 2 aromatic carbocycles. The summed E-state index contributed by atoms with van der Waals surface area (Å²) in [5.41, 5.74) is 6.15. The Labute approximate surface area is 203 Å². The fourth-order valence-electron chi connectivity index (χ4n) is 5.49. The van der Waals surface area contributed by atoms with E-state index in [1.54, 1.807) is 0 Å². The van der Waals surface area contributed by atoms with Crippen molar-refractivity contribution in [1.82, 2.24) is 25.2 Å². The number of ether oxygens (including phenoxy) is 1. The summed E-state index contributed by atoms with van der Waals surface area (Å²) in [6, 6.07) is 14.2. The van der Waals surface area contributed by atoms with Crippen LogP contribution in [0.3, 0.4) is 0 Å². The van der Waals surface area contributed by atoms with Crippen molar-refractivity contribution in [3.8, 4) is 0 Å². The Hall–Kier alpha value is -3.52. The number of pyridine rings is 1. The Morgan fingerprint density at radius 3 is 2.86 bits per heavy atom. The summed E-state index contributed by atoms with van der Waals surface area (Å²) in [5, 5.41) is 13.9. The van der Waals surface area contributed by atoms with Gasteiger partial charge in [-0.2, -0.15) is 0 Å². The topological polar surface area (TPSA) is 88.9 Å². The predicted molar refractivity (Wildman–Crippen MR) is 135 cm³/mol. The number of rotatable bonds is 5. The smallest absolute Gasteiger partial charge is 0.254 e. The van der Waals surface area contributed by atoms with Crippen LogP contribution in [0.25, 0.3) is 10.9 Å². The van der Waals surface area contributed by atoms with Crippen molar-refractivity contribution in [2.24, 2.45) is 0 Å². The van der Waals surface area contributed by atoms with Gasteiger partial charge in [0, 0.05) is 29.9 Å². The van der Waals surface area contributed by atoms with E-state index in [9.17, 15) is 4.79 Å². The van der Waals surface area contributed by atoms with Gasteiger partial charge in [-0.15, -0.1) is 5.10 Å². The van der Waals surface area contributed by atoms with E-state index >= 15 is 0 Å². The molecule has 4 heterocycles. The molecule has 0 bridgehead atoms. The number of nitrogens with zero attached hydrogens (tertiary/aromatic N) is 5. The molecule has 6 rings (SSSR count). The third kappa shape index (κ3) is 4.01. The number of fused-ring (bicyclic) bond motifs is 2. The zero-order chi connectivity index (χ0) is 23.9. The molecule has 1 fully saturated rings. The molecular formula is C27H30N6O2. The highest BCUT2D eigenvalue weighted by Crippen LogP contribution is 2.37. The van der Waals surface area contributed by atoms with Gasteiger partial charge < -0.3 is 14.6 Å². The molecule has 2 atom stereocenters. The zero-order valence-corrected chi connectivity index (χ0v) is 20.2. The molecular weight excluding hydrogens is 440 g/mol. The Balaban J connectivity index is 1.53. The summed E-state index contributed by atoms with van der Waals surface area (Å²) in [5.74, 6) is 0.672. The first-order valence-electron chi connectivity index (χ1n) is 12.4. The summed E-state index contributed by atoms with van der Waals surface area (Å²) in [6.45, 7) is 6.33. The Bertz CT molecular complexity index is 1440. The van der Waals surface area contributed by atoms with Crippen LogP contribution < -0.4 is 10.5 Å². The first kappa shape index (κ1) is 22.0. The van der Waals surface area contributed by atoms with Crippen molar-refractivity contribution in [3.05, 3.63) is 80.9 Å². The van der Waals surface area contributed by atoms with Crippen LogP contribution in [0.5, 0.6) is 0 Å². The lowest BCUT2D eigenvalue weighted by molar-refractivity contribution is 0.0924. The van der Waals surface area contributed by atoms with Crippen molar-refractivity contribution < 1.29 is 4.74 Å². The van der Waals surface area contributed by atoms with Crippen LogP contribution in [-0.2, 0) is 17.7 Å². The Morgan fingerprint density at radius 1 is 1.14 bits per heavy atom. The molecule has 35 heavy (non-hydrogen) atoms. The average Bonchev–Trinajstić information content (AvgIpc) is 3.54. The van der Waals surface area contributed by atoms with E-state index in [0.29, 0.717) is 17.9 Å². The van der Waals surface area contributed by atoms with Crippen LogP contribution in [-0.4, -0.2) is 44.4 Å². The van der Waals surface area contributed by atoms with Crippen molar-refractivity contribution in [1.29, 1.82) is 0 Å². The number of nitrogens with one attached hydrogen (secondary N) is 1. The van der Waals surface area contributed by atoms with Gasteiger partial charge in [0.05, 0.1) is 12.6 Å². The SMILES string of the molecule is Cc1cc2cc([C@@H](c3nnnn3C[C@@H]3CCCO3)N3CCCc4ccccc43)c(=O)[nH]c2cc1C. The van der Waals surface area contributed by atoms with Crippen molar-refractivity contribution in [3.63, 3.8) is 0 Å². The largest absolute Gasteiger partial charge is 0.376 e. The lowest BCUT2D eigenvalue weighted by atomic mass is 9.96. The second-order valence-electron chi connectivity index (χ2n) is 9.76. The quantitative estimate of drug-likeness (QED) is 0.477. The second kappa shape index (κ2) is 8.92. The van der Waals surface area contributed by atoms with Crippen molar-refractivity contribution in [2.45, 2.75) is 58.2 Å². The fourth-order valence-corrected chi connectivity index (χ4v) is 5.49. The van der Waals surface area contributed by atoms with Gasteiger partial charge in [-0.25, -0.2) is 4.68 Å². The molecule has 0 unspecified atom stereocenters. The number of anilines is 1. The number of hydrogen-bond donors (Lipinski definition) is 1. The molecule has 0 amide bonds. The highest BCUT2D eigenvalue weighted by molar-refractivity contribution is 5.81. The van der Waals surface area contributed by atoms with Crippen LogP contribution in [0.1, 0.15) is 53.4 Å². The monoisotopic (exact) mass is 470 g/mol. The van der Waals surface area contributed by atoms with Gasteiger partial charge in [-0.1, -0.05) is 18.2 Å². The number of tetrazole rings is 1. The van der Waals surface area contributed by atoms with E-state index in [4.69, 9.17) is 4.74 Å². The first-order chi connectivity index (χ1) is 17.1. The fraction of sp³-hybridized carbons (Fsp3) is 0.407. The van der Waals surface area contributed by atoms with E-state index in [-0.39, 0.29) is 11.7 Å². The van der Waals surface area contributed by atoms with Crippen LogP contribution in [0.2, 0.25) is 0 Å². The molecule has 8 nitrogen and oxygen atoms in total. The maximum Gasteiger partial charge on any atom is 0.254 e. The number of aryl methyl sites for hydroxylation is 3. The van der Waals surface area contributed by atoms with Gasteiger partial charge in [0.25, 0.3) is 5.56 Å². The van der Waals surface area contributed by atoms with Gasteiger partial charge in [0.2, 0.25) is 0 Å². The van der Waals surface area contributed by atoms with Gasteiger partial charge >= 0.3 is 0 Å². The number of benzene rings is 2. The number of aromatic nitrogens is 5. The highest BCUT2D eigenvalue weighted by Gasteiger charge is 2.34. The maximum absolute atomic E-state index is 13.6. The molecule has 0 aliphatic carbocycles. The number of para-hydroxylation sites is 1. The van der Waals surface area contributed by atoms with Crippen molar-refractivity contribution >= 4 is 16.6 Å². The molecule has 0 spiro atoms. The maximum atomic E-state index is 13.6. The first-order valence-corrected chi connectivity index (χ1v) is 12.4. The molecule has 2 aliphatic heterocycles. The molecule has 1 saturated heterocycles. The van der Waals surface area contributed by atoms with Crippen LogP contribution >= 0.6 is 0 Å². The van der Waals surface area contributed by atoms with Gasteiger partial charge in [0.15, 0.2) is 5.82 Å². The minimum atomic E-state index is -0.414. The molecule has 2 aromatic heterocycles. The minimum absolute atomic E-state index is 0.0899. The highest BCUT2D eigenvalue weighted by atomic mass is 16.5. The zero-order valence-electron chi connectivity index (χ0n) is 20.2. The molecule has 0 radical (unpaired) electrons. The van der Waals surface area contributed by atoms with Crippen molar-refractivity contribution in [2.75, 3.05) is 18.1 Å². The summed E-state index contributed by atoms with van der Waals surface area (Å²) in [4.78, 5) is 19.0. The summed E-state index contributed by atoms with van der Waals surface area (Å²) in [7, 11) is 0. The molecule has 4 aromatic rings. The standard InChI is InChI=1S/C27H30N6O2/c1-17-13-20-15-22(27(34)28-23(20)14-18(17)2)25(32-11-5-8-19-7-3-4-10-24(19)32)26-29-30-31-33(26)16-21-9-6-12-35-21/h3-4,7,10,13-15,21,25H,5-6,8-9,11-12,16H2,1-2H3,(H,28,34)/t21-,25-/m0/s1. The van der Waals surface area contributed by atoms with Gasteiger partial charge in [-0.05, 0) is 96.3 Å². The Kier molecular flexibility index (Phi) is 5.60. The van der Waals surface area contributed by atoms with E-state index < -0.39 is 6.04 Å². The normalized spacial score (nSPS) is 18.7.